The van der Waals surface area contributed by atoms with Gasteiger partial charge >= 0.3 is 0 Å². The summed E-state index contributed by atoms with van der Waals surface area (Å²) in [7, 11) is 0. The molecule has 3 aliphatic carbocycles. The lowest BCUT2D eigenvalue weighted by molar-refractivity contribution is 0.0868. The summed E-state index contributed by atoms with van der Waals surface area (Å²) in [6.07, 6.45) is 11.9. The van der Waals surface area contributed by atoms with E-state index >= 15 is 0 Å². The van der Waals surface area contributed by atoms with Crippen LogP contribution in [-0.4, -0.2) is 6.54 Å². The molecule has 3 rings (SSSR count). The van der Waals surface area contributed by atoms with Gasteiger partial charge in [-0.05, 0) is 61.8 Å². The Kier molecular flexibility index (Phi) is 2.12. The van der Waals surface area contributed by atoms with Gasteiger partial charge in [-0.3, -0.25) is 0 Å². The molecular formula is C13H23N. The Bertz CT molecular complexity index is 219. The van der Waals surface area contributed by atoms with E-state index in [0.29, 0.717) is 5.41 Å². The van der Waals surface area contributed by atoms with E-state index in [9.17, 15) is 0 Å². The van der Waals surface area contributed by atoms with Crippen LogP contribution in [0.25, 0.3) is 0 Å². The van der Waals surface area contributed by atoms with Crippen LogP contribution in [0.5, 0.6) is 0 Å². The summed E-state index contributed by atoms with van der Waals surface area (Å²) < 4.78 is 0. The highest BCUT2D eigenvalue weighted by atomic mass is 14.7. The molecule has 3 fully saturated rings. The van der Waals surface area contributed by atoms with E-state index < -0.39 is 0 Å². The van der Waals surface area contributed by atoms with Crippen molar-refractivity contribution < 1.29 is 0 Å². The summed E-state index contributed by atoms with van der Waals surface area (Å²) in [5.41, 5.74) is 6.75. The second-order valence-corrected chi connectivity index (χ2v) is 6.00. The van der Waals surface area contributed by atoms with Gasteiger partial charge in [-0.2, -0.15) is 0 Å². The topological polar surface area (TPSA) is 26.0 Å². The van der Waals surface area contributed by atoms with Gasteiger partial charge in [0, 0.05) is 0 Å². The van der Waals surface area contributed by atoms with Crippen molar-refractivity contribution in [2.24, 2.45) is 28.9 Å². The molecule has 2 bridgehead atoms. The molecule has 80 valence electrons. The predicted octanol–water partition coefficient (Wildman–Crippen LogP) is 2.94. The van der Waals surface area contributed by atoms with E-state index in [2.05, 4.69) is 0 Å². The minimum atomic E-state index is 0.611. The van der Waals surface area contributed by atoms with Crippen molar-refractivity contribution in [3.8, 4) is 0 Å². The average Bonchev–Trinajstić information content (AvgIpc) is 2.93. The number of rotatable bonds is 2. The Morgan fingerprint density at radius 3 is 2.29 bits per heavy atom. The van der Waals surface area contributed by atoms with Crippen molar-refractivity contribution in [1.29, 1.82) is 0 Å². The lowest BCUT2D eigenvalue weighted by Gasteiger charge is -2.42. The van der Waals surface area contributed by atoms with Gasteiger partial charge in [-0.25, -0.2) is 0 Å². The van der Waals surface area contributed by atoms with Gasteiger partial charge in [-0.1, -0.05) is 19.3 Å². The molecule has 3 unspecified atom stereocenters. The lowest BCUT2D eigenvalue weighted by atomic mass is 9.64. The Morgan fingerprint density at radius 2 is 1.79 bits per heavy atom. The van der Waals surface area contributed by atoms with E-state index in [-0.39, 0.29) is 0 Å². The summed E-state index contributed by atoms with van der Waals surface area (Å²) in [4.78, 5) is 0. The maximum absolute atomic E-state index is 6.14. The molecule has 0 saturated heterocycles. The van der Waals surface area contributed by atoms with E-state index in [0.717, 1.165) is 24.3 Å². The van der Waals surface area contributed by atoms with Crippen molar-refractivity contribution in [1.82, 2.24) is 0 Å². The largest absolute Gasteiger partial charge is 0.330 e. The van der Waals surface area contributed by atoms with Gasteiger partial charge < -0.3 is 5.73 Å². The zero-order valence-electron chi connectivity index (χ0n) is 9.17. The third-order valence-corrected chi connectivity index (χ3v) is 5.57. The lowest BCUT2D eigenvalue weighted by Crippen LogP contribution is -2.41. The van der Waals surface area contributed by atoms with Crippen LogP contribution >= 0.6 is 0 Å². The molecule has 2 N–H and O–H groups in total. The molecule has 0 amide bonds. The quantitative estimate of drug-likeness (QED) is 0.717. The van der Waals surface area contributed by atoms with E-state index in [1.807, 2.05) is 0 Å². The maximum atomic E-state index is 6.14. The molecule has 14 heavy (non-hydrogen) atoms. The molecule has 3 saturated carbocycles. The van der Waals surface area contributed by atoms with E-state index in [1.54, 1.807) is 0 Å². The normalized spacial score (nSPS) is 47.8. The summed E-state index contributed by atoms with van der Waals surface area (Å²) in [5, 5.41) is 0. The standard InChI is InChI=1S/C13H23N/c14-9-13(11-3-1-2-4-11)8-10-5-6-12(13)7-10/h10-12H,1-9,14H2. The summed E-state index contributed by atoms with van der Waals surface area (Å²) in [6, 6.07) is 0. The zero-order chi connectivity index (χ0) is 9.60. The van der Waals surface area contributed by atoms with Crippen molar-refractivity contribution in [3.63, 3.8) is 0 Å². The minimum absolute atomic E-state index is 0.611. The van der Waals surface area contributed by atoms with Crippen molar-refractivity contribution in [2.75, 3.05) is 6.54 Å². The molecule has 0 aromatic rings. The first-order valence-electron chi connectivity index (χ1n) is 6.55. The molecular weight excluding hydrogens is 170 g/mol. The highest BCUT2D eigenvalue weighted by Gasteiger charge is 2.53. The van der Waals surface area contributed by atoms with Crippen LogP contribution in [0.3, 0.4) is 0 Å². The van der Waals surface area contributed by atoms with E-state index in [4.69, 9.17) is 5.73 Å². The average molecular weight is 193 g/mol. The molecule has 0 heterocycles. The molecule has 0 aromatic heterocycles. The molecule has 0 aliphatic heterocycles. The first-order valence-corrected chi connectivity index (χ1v) is 6.55. The molecule has 3 aliphatic rings. The van der Waals surface area contributed by atoms with Crippen LogP contribution in [0.1, 0.15) is 51.4 Å². The van der Waals surface area contributed by atoms with Gasteiger partial charge in [-0.15, -0.1) is 0 Å². The van der Waals surface area contributed by atoms with Gasteiger partial charge in [0.05, 0.1) is 0 Å². The Labute approximate surface area is 87.4 Å². The highest BCUT2D eigenvalue weighted by Crippen LogP contribution is 2.61. The fourth-order valence-corrected chi connectivity index (χ4v) is 4.90. The van der Waals surface area contributed by atoms with Crippen LogP contribution in [0.15, 0.2) is 0 Å². The second-order valence-electron chi connectivity index (χ2n) is 6.00. The fraction of sp³-hybridized carbons (Fsp3) is 1.00. The van der Waals surface area contributed by atoms with Crippen molar-refractivity contribution >= 4 is 0 Å². The third-order valence-electron chi connectivity index (χ3n) is 5.57. The molecule has 1 heteroatoms. The number of hydrogen-bond donors (Lipinski definition) is 1. The second kappa shape index (κ2) is 3.23. The van der Waals surface area contributed by atoms with Crippen LogP contribution in [0, 0.1) is 23.2 Å². The van der Waals surface area contributed by atoms with Gasteiger partial charge in [0.15, 0.2) is 0 Å². The minimum Gasteiger partial charge on any atom is -0.330 e. The Hall–Kier alpha value is -0.0400. The third kappa shape index (κ3) is 1.11. The zero-order valence-corrected chi connectivity index (χ0v) is 9.17. The van der Waals surface area contributed by atoms with E-state index in [1.165, 1.54) is 51.4 Å². The molecule has 1 nitrogen and oxygen atoms in total. The van der Waals surface area contributed by atoms with Crippen molar-refractivity contribution in [3.05, 3.63) is 0 Å². The number of nitrogens with two attached hydrogens (primary N) is 1. The summed E-state index contributed by atoms with van der Waals surface area (Å²) in [6.45, 7) is 0.985. The Morgan fingerprint density at radius 1 is 1.00 bits per heavy atom. The Balaban J connectivity index is 1.84. The van der Waals surface area contributed by atoms with Gasteiger partial charge in [0.25, 0.3) is 0 Å². The first-order chi connectivity index (χ1) is 6.85. The van der Waals surface area contributed by atoms with Crippen LogP contribution in [0.2, 0.25) is 0 Å². The smallest absolute Gasteiger partial charge is 0.00151 e. The summed E-state index contributed by atoms with van der Waals surface area (Å²) in [5.74, 6) is 3.08. The number of hydrogen-bond acceptors (Lipinski definition) is 1. The highest BCUT2D eigenvalue weighted by molar-refractivity contribution is 5.04. The van der Waals surface area contributed by atoms with Gasteiger partial charge in [0.1, 0.15) is 0 Å². The van der Waals surface area contributed by atoms with Crippen molar-refractivity contribution in [2.45, 2.75) is 51.4 Å². The monoisotopic (exact) mass is 193 g/mol. The van der Waals surface area contributed by atoms with Gasteiger partial charge in [0.2, 0.25) is 0 Å². The van der Waals surface area contributed by atoms with Crippen LogP contribution in [0.4, 0.5) is 0 Å². The number of fused-ring (bicyclic) bond motifs is 2. The van der Waals surface area contributed by atoms with Crippen LogP contribution < -0.4 is 5.73 Å². The maximum Gasteiger partial charge on any atom is -0.00151 e. The first kappa shape index (κ1) is 9.21. The van der Waals surface area contributed by atoms with Crippen LogP contribution in [-0.2, 0) is 0 Å². The fourth-order valence-electron chi connectivity index (χ4n) is 4.90. The summed E-state index contributed by atoms with van der Waals surface area (Å²) >= 11 is 0. The molecule has 0 spiro atoms. The SMILES string of the molecule is NCC1(C2CCCC2)CC2CCC1C2. The predicted molar refractivity (Wildman–Crippen MR) is 58.9 cm³/mol. The molecule has 3 atom stereocenters. The molecule has 0 aromatic carbocycles. The molecule has 0 radical (unpaired) electrons.